The van der Waals surface area contributed by atoms with Gasteiger partial charge in [0.15, 0.2) is 0 Å². The summed E-state index contributed by atoms with van der Waals surface area (Å²) in [6.07, 6.45) is 5.08. The largest absolute Gasteiger partial charge is 0.352 e. The Labute approximate surface area is 215 Å². The zero-order valence-electron chi connectivity index (χ0n) is 21.8. The fourth-order valence-electron chi connectivity index (χ4n) is 5.15. The van der Waals surface area contributed by atoms with Gasteiger partial charge in [0.1, 0.15) is 6.04 Å². The van der Waals surface area contributed by atoms with Crippen molar-refractivity contribution < 1.29 is 9.59 Å². The first-order valence-corrected chi connectivity index (χ1v) is 13.1. The second kappa shape index (κ2) is 12.0. The predicted octanol–water partition coefficient (Wildman–Crippen LogP) is 5.85. The van der Waals surface area contributed by atoms with Gasteiger partial charge in [0, 0.05) is 19.0 Å². The maximum Gasteiger partial charge on any atom is 0.243 e. The van der Waals surface area contributed by atoms with Gasteiger partial charge in [0.2, 0.25) is 11.8 Å². The van der Waals surface area contributed by atoms with E-state index in [1.807, 2.05) is 61.2 Å². The SMILES string of the molecule is Cc1ccc(C)c(CC(=O)N(Cc2ccccc2C)[C@@H](Cc2ccccc2)C(=O)NC2CCCC2)c1. The molecule has 4 nitrogen and oxygen atoms in total. The minimum absolute atomic E-state index is 0.0190. The fourth-order valence-corrected chi connectivity index (χ4v) is 5.15. The van der Waals surface area contributed by atoms with Crippen LogP contribution in [0.25, 0.3) is 0 Å². The lowest BCUT2D eigenvalue weighted by atomic mass is 9.98. The third-order valence-electron chi connectivity index (χ3n) is 7.42. The van der Waals surface area contributed by atoms with Crippen LogP contribution in [-0.4, -0.2) is 28.8 Å². The average Bonchev–Trinajstić information content (AvgIpc) is 3.38. The van der Waals surface area contributed by atoms with E-state index < -0.39 is 6.04 Å². The number of carbonyl (C=O) groups excluding carboxylic acids is 2. The van der Waals surface area contributed by atoms with Crippen molar-refractivity contribution in [3.63, 3.8) is 0 Å². The highest BCUT2D eigenvalue weighted by atomic mass is 16.2. The van der Waals surface area contributed by atoms with Crippen LogP contribution in [0.3, 0.4) is 0 Å². The van der Waals surface area contributed by atoms with Gasteiger partial charge in [-0.05, 0) is 61.4 Å². The van der Waals surface area contributed by atoms with Gasteiger partial charge in [0.25, 0.3) is 0 Å². The number of nitrogens with one attached hydrogen (secondary N) is 1. The van der Waals surface area contributed by atoms with Crippen molar-refractivity contribution in [2.75, 3.05) is 0 Å². The summed E-state index contributed by atoms with van der Waals surface area (Å²) in [5, 5.41) is 3.29. The molecule has 188 valence electrons. The summed E-state index contributed by atoms with van der Waals surface area (Å²) >= 11 is 0. The summed E-state index contributed by atoms with van der Waals surface area (Å²) in [5.74, 6) is -0.0666. The summed E-state index contributed by atoms with van der Waals surface area (Å²) in [5.41, 5.74) is 6.49. The smallest absolute Gasteiger partial charge is 0.243 e. The Morgan fingerprint density at radius 1 is 0.861 bits per heavy atom. The summed E-state index contributed by atoms with van der Waals surface area (Å²) in [6, 6.07) is 24.0. The van der Waals surface area contributed by atoms with Crippen molar-refractivity contribution in [1.29, 1.82) is 0 Å². The Morgan fingerprint density at radius 2 is 1.53 bits per heavy atom. The van der Waals surface area contributed by atoms with Gasteiger partial charge in [-0.25, -0.2) is 0 Å². The van der Waals surface area contributed by atoms with Crippen LogP contribution < -0.4 is 5.32 Å². The van der Waals surface area contributed by atoms with Crippen LogP contribution >= 0.6 is 0 Å². The highest BCUT2D eigenvalue weighted by molar-refractivity contribution is 5.89. The Hall–Kier alpha value is -3.40. The fraction of sp³-hybridized carbons (Fsp3) is 0.375. The van der Waals surface area contributed by atoms with Crippen molar-refractivity contribution in [3.05, 3.63) is 106 Å². The van der Waals surface area contributed by atoms with Crippen LogP contribution in [0.15, 0.2) is 72.8 Å². The first-order chi connectivity index (χ1) is 17.4. The molecular weight excluding hydrogens is 444 g/mol. The molecule has 4 rings (SSSR count). The zero-order chi connectivity index (χ0) is 25.5. The highest BCUT2D eigenvalue weighted by Crippen LogP contribution is 2.22. The molecule has 1 fully saturated rings. The van der Waals surface area contributed by atoms with E-state index in [-0.39, 0.29) is 24.3 Å². The molecule has 36 heavy (non-hydrogen) atoms. The molecule has 0 unspecified atom stereocenters. The molecule has 2 amide bonds. The maximum absolute atomic E-state index is 14.0. The molecule has 0 spiro atoms. The Kier molecular flexibility index (Phi) is 8.58. The van der Waals surface area contributed by atoms with Crippen molar-refractivity contribution in [2.45, 2.75) is 77.9 Å². The van der Waals surface area contributed by atoms with Crippen molar-refractivity contribution >= 4 is 11.8 Å². The van der Waals surface area contributed by atoms with E-state index in [0.717, 1.165) is 59.1 Å². The number of rotatable bonds is 9. The van der Waals surface area contributed by atoms with E-state index in [0.29, 0.717) is 13.0 Å². The minimum Gasteiger partial charge on any atom is -0.352 e. The Morgan fingerprint density at radius 3 is 2.25 bits per heavy atom. The highest BCUT2D eigenvalue weighted by Gasteiger charge is 2.32. The number of hydrogen-bond acceptors (Lipinski definition) is 2. The standard InChI is InChI=1S/C32H38N2O2/c1-23-17-18-25(3)28(19-23)21-31(35)34(22-27-14-8-7-11-24(27)2)30(20-26-12-5-4-6-13-26)32(36)33-29-15-9-10-16-29/h4-8,11-14,17-19,29-30H,9-10,15-16,20-22H2,1-3H3,(H,33,36)/t30-/m0/s1. The van der Waals surface area contributed by atoms with Crippen LogP contribution in [0.5, 0.6) is 0 Å². The van der Waals surface area contributed by atoms with E-state index >= 15 is 0 Å². The Bertz CT molecular complexity index is 1180. The summed E-state index contributed by atoms with van der Waals surface area (Å²) in [7, 11) is 0. The Balaban J connectivity index is 1.69. The van der Waals surface area contributed by atoms with Crippen LogP contribution in [-0.2, 0) is 29.0 Å². The molecule has 0 heterocycles. The lowest BCUT2D eigenvalue weighted by molar-refractivity contribution is -0.141. The number of aryl methyl sites for hydroxylation is 3. The van der Waals surface area contributed by atoms with Crippen LogP contribution in [0, 0.1) is 20.8 Å². The van der Waals surface area contributed by atoms with E-state index in [2.05, 4.69) is 42.6 Å². The van der Waals surface area contributed by atoms with Crippen molar-refractivity contribution in [1.82, 2.24) is 10.2 Å². The molecule has 1 aliphatic carbocycles. The second-order valence-corrected chi connectivity index (χ2v) is 10.3. The number of nitrogens with zero attached hydrogens (tertiary/aromatic N) is 1. The van der Waals surface area contributed by atoms with Crippen LogP contribution in [0.1, 0.15) is 59.1 Å². The van der Waals surface area contributed by atoms with Gasteiger partial charge in [-0.2, -0.15) is 0 Å². The molecule has 3 aromatic rings. The number of amides is 2. The lowest BCUT2D eigenvalue weighted by Crippen LogP contribution is -2.52. The summed E-state index contributed by atoms with van der Waals surface area (Å²) in [6.45, 7) is 6.56. The normalized spacial score (nSPS) is 14.4. The second-order valence-electron chi connectivity index (χ2n) is 10.3. The number of benzene rings is 3. The van der Waals surface area contributed by atoms with E-state index in [1.54, 1.807) is 0 Å². The topological polar surface area (TPSA) is 49.4 Å². The van der Waals surface area contributed by atoms with Gasteiger partial charge >= 0.3 is 0 Å². The molecule has 1 atom stereocenters. The van der Waals surface area contributed by atoms with Gasteiger partial charge in [0.05, 0.1) is 6.42 Å². The molecule has 0 aromatic heterocycles. The zero-order valence-corrected chi connectivity index (χ0v) is 21.8. The first kappa shape index (κ1) is 25.7. The minimum atomic E-state index is -0.578. The van der Waals surface area contributed by atoms with Gasteiger partial charge in [-0.3, -0.25) is 9.59 Å². The molecule has 0 aliphatic heterocycles. The molecule has 1 saturated carbocycles. The quantitative estimate of drug-likeness (QED) is 0.416. The van der Waals surface area contributed by atoms with Gasteiger partial charge in [-0.1, -0.05) is 91.2 Å². The van der Waals surface area contributed by atoms with Crippen LogP contribution in [0.2, 0.25) is 0 Å². The third-order valence-corrected chi connectivity index (χ3v) is 7.42. The molecule has 0 radical (unpaired) electrons. The van der Waals surface area contributed by atoms with E-state index in [9.17, 15) is 9.59 Å². The summed E-state index contributed by atoms with van der Waals surface area (Å²) < 4.78 is 0. The van der Waals surface area contributed by atoms with Crippen LogP contribution in [0.4, 0.5) is 0 Å². The molecular formula is C32H38N2O2. The predicted molar refractivity (Wildman–Crippen MR) is 146 cm³/mol. The molecule has 4 heteroatoms. The van der Waals surface area contributed by atoms with Gasteiger partial charge < -0.3 is 10.2 Å². The first-order valence-electron chi connectivity index (χ1n) is 13.1. The monoisotopic (exact) mass is 482 g/mol. The van der Waals surface area contributed by atoms with Crippen molar-refractivity contribution in [2.24, 2.45) is 0 Å². The van der Waals surface area contributed by atoms with E-state index in [4.69, 9.17) is 0 Å². The third kappa shape index (κ3) is 6.63. The number of hydrogen-bond donors (Lipinski definition) is 1. The maximum atomic E-state index is 14.0. The molecule has 1 aliphatic rings. The molecule has 0 bridgehead atoms. The molecule has 0 saturated heterocycles. The van der Waals surface area contributed by atoms with Gasteiger partial charge in [-0.15, -0.1) is 0 Å². The molecule has 1 N–H and O–H groups in total. The molecule has 3 aromatic carbocycles. The van der Waals surface area contributed by atoms with E-state index in [1.165, 1.54) is 0 Å². The average molecular weight is 483 g/mol. The lowest BCUT2D eigenvalue weighted by Gasteiger charge is -2.33. The number of carbonyl (C=O) groups is 2. The van der Waals surface area contributed by atoms with Crippen molar-refractivity contribution in [3.8, 4) is 0 Å². The summed E-state index contributed by atoms with van der Waals surface area (Å²) in [4.78, 5) is 29.6.